The molecule has 1 aliphatic heterocycles. The van der Waals surface area contributed by atoms with E-state index in [0.717, 1.165) is 11.3 Å². The van der Waals surface area contributed by atoms with Crippen LogP contribution in [0.5, 0.6) is 0 Å². The molecule has 0 saturated heterocycles. The van der Waals surface area contributed by atoms with Gasteiger partial charge in [0, 0.05) is 31.0 Å². The van der Waals surface area contributed by atoms with Crippen molar-refractivity contribution in [3.8, 4) is 0 Å². The molecule has 0 spiro atoms. The molecule has 8 heteroatoms. The van der Waals surface area contributed by atoms with Gasteiger partial charge in [0.2, 0.25) is 0 Å². The Bertz CT molecular complexity index is 1090. The van der Waals surface area contributed by atoms with Gasteiger partial charge in [0.25, 0.3) is 11.8 Å². The largest absolute Gasteiger partial charge is 0.345 e. The van der Waals surface area contributed by atoms with Crippen LogP contribution in [0.3, 0.4) is 0 Å². The average Bonchev–Trinajstić information content (AvgIpc) is 3.18. The highest BCUT2D eigenvalue weighted by Crippen LogP contribution is 2.26. The Hall–Kier alpha value is -3.55. The molecule has 1 atom stereocenters. The molecule has 0 aliphatic carbocycles. The third kappa shape index (κ3) is 3.94. The van der Waals surface area contributed by atoms with Gasteiger partial charge >= 0.3 is 0 Å². The predicted octanol–water partition coefficient (Wildman–Crippen LogP) is 2.44. The monoisotopic (exact) mass is 404 g/mol. The minimum Gasteiger partial charge on any atom is -0.345 e. The smallest absolute Gasteiger partial charge is 0.271 e. The number of hydrogen-bond donors (Lipinski definition) is 1. The molecule has 0 radical (unpaired) electrons. The zero-order chi connectivity index (χ0) is 21.3. The van der Waals surface area contributed by atoms with Crippen molar-refractivity contribution in [2.75, 3.05) is 6.54 Å². The number of aryl methyl sites for hydroxylation is 2. The minimum atomic E-state index is -0.275. The number of carbonyl (C=O) groups excluding carboxylic acids is 2. The number of rotatable bonds is 4. The standard InChI is InChI=1S/C22H24N6O2/c1-14-5-4-6-17(9-14)22(30)28-8-7-27-13-19(26-20(27)16(28)3)21(29)25-12-18-11-23-15(2)10-24-18/h4-6,9-11,13,16H,7-8,12H2,1-3H3,(H,25,29). The number of carbonyl (C=O) groups is 2. The fourth-order valence-electron chi connectivity index (χ4n) is 3.59. The summed E-state index contributed by atoms with van der Waals surface area (Å²) in [6.07, 6.45) is 5.06. The van der Waals surface area contributed by atoms with E-state index >= 15 is 0 Å². The minimum absolute atomic E-state index is 0.0237. The molecule has 1 N–H and O–H groups in total. The number of nitrogens with one attached hydrogen (secondary N) is 1. The maximum Gasteiger partial charge on any atom is 0.271 e. The van der Waals surface area contributed by atoms with Crippen LogP contribution in [0.25, 0.3) is 0 Å². The van der Waals surface area contributed by atoms with Gasteiger partial charge in [0.1, 0.15) is 11.5 Å². The van der Waals surface area contributed by atoms with Gasteiger partial charge in [-0.05, 0) is 32.9 Å². The van der Waals surface area contributed by atoms with Crippen molar-refractivity contribution in [2.24, 2.45) is 0 Å². The summed E-state index contributed by atoms with van der Waals surface area (Å²) in [7, 11) is 0. The Morgan fingerprint density at radius 1 is 1.17 bits per heavy atom. The van der Waals surface area contributed by atoms with Crippen molar-refractivity contribution in [3.63, 3.8) is 0 Å². The normalized spacial score (nSPS) is 15.6. The van der Waals surface area contributed by atoms with Crippen LogP contribution in [0.1, 0.15) is 56.6 Å². The van der Waals surface area contributed by atoms with E-state index in [0.29, 0.717) is 35.9 Å². The van der Waals surface area contributed by atoms with Crippen LogP contribution in [0.4, 0.5) is 0 Å². The predicted molar refractivity (Wildman–Crippen MR) is 111 cm³/mol. The number of fused-ring (bicyclic) bond motifs is 1. The number of nitrogens with zero attached hydrogens (tertiary/aromatic N) is 5. The van der Waals surface area contributed by atoms with Crippen LogP contribution in [0.2, 0.25) is 0 Å². The van der Waals surface area contributed by atoms with Crippen LogP contribution in [0.15, 0.2) is 42.9 Å². The number of benzene rings is 1. The van der Waals surface area contributed by atoms with Crippen molar-refractivity contribution in [2.45, 2.75) is 39.9 Å². The second kappa shape index (κ2) is 8.06. The summed E-state index contributed by atoms with van der Waals surface area (Å²) in [6, 6.07) is 7.35. The molecule has 4 rings (SSSR count). The second-order valence-electron chi connectivity index (χ2n) is 7.55. The zero-order valence-corrected chi connectivity index (χ0v) is 17.3. The third-order valence-electron chi connectivity index (χ3n) is 5.25. The lowest BCUT2D eigenvalue weighted by Crippen LogP contribution is -2.41. The topological polar surface area (TPSA) is 93.0 Å². The summed E-state index contributed by atoms with van der Waals surface area (Å²) in [5, 5.41) is 2.83. The van der Waals surface area contributed by atoms with E-state index in [9.17, 15) is 9.59 Å². The first kappa shape index (κ1) is 19.8. The SMILES string of the molecule is Cc1cccc(C(=O)N2CCn3cc(C(=O)NCc4cnc(C)cn4)nc3C2C)c1. The first-order valence-electron chi connectivity index (χ1n) is 9.93. The van der Waals surface area contributed by atoms with Crippen molar-refractivity contribution >= 4 is 11.8 Å². The molecule has 0 bridgehead atoms. The van der Waals surface area contributed by atoms with Gasteiger partial charge in [-0.15, -0.1) is 0 Å². The third-order valence-corrected chi connectivity index (χ3v) is 5.25. The van der Waals surface area contributed by atoms with Gasteiger partial charge in [0.05, 0.1) is 30.2 Å². The summed E-state index contributed by atoms with van der Waals surface area (Å²) >= 11 is 0. The van der Waals surface area contributed by atoms with E-state index < -0.39 is 0 Å². The Kier molecular flexibility index (Phi) is 5.31. The van der Waals surface area contributed by atoms with Crippen molar-refractivity contribution in [1.29, 1.82) is 0 Å². The highest BCUT2D eigenvalue weighted by atomic mass is 16.2. The van der Waals surface area contributed by atoms with Gasteiger partial charge in [0.15, 0.2) is 0 Å². The van der Waals surface area contributed by atoms with Crippen LogP contribution >= 0.6 is 0 Å². The highest BCUT2D eigenvalue weighted by Gasteiger charge is 2.31. The fourth-order valence-corrected chi connectivity index (χ4v) is 3.59. The van der Waals surface area contributed by atoms with Crippen LogP contribution in [-0.4, -0.2) is 42.8 Å². The molecule has 30 heavy (non-hydrogen) atoms. The zero-order valence-electron chi connectivity index (χ0n) is 17.3. The first-order chi connectivity index (χ1) is 14.4. The molecule has 154 valence electrons. The molecule has 3 heterocycles. The molecule has 2 amide bonds. The molecular weight excluding hydrogens is 380 g/mol. The Morgan fingerprint density at radius 3 is 2.73 bits per heavy atom. The molecule has 1 aliphatic rings. The van der Waals surface area contributed by atoms with Gasteiger partial charge < -0.3 is 14.8 Å². The van der Waals surface area contributed by atoms with Crippen LogP contribution in [-0.2, 0) is 13.1 Å². The Morgan fingerprint density at radius 2 is 2.00 bits per heavy atom. The van der Waals surface area contributed by atoms with Crippen molar-refractivity contribution in [3.05, 3.63) is 76.9 Å². The van der Waals surface area contributed by atoms with Gasteiger partial charge in [-0.1, -0.05) is 17.7 Å². The summed E-state index contributed by atoms with van der Waals surface area (Å²) in [5.41, 5.74) is 3.55. The molecular formula is C22H24N6O2. The second-order valence-corrected chi connectivity index (χ2v) is 7.55. The molecule has 3 aromatic rings. The lowest BCUT2D eigenvalue weighted by molar-refractivity contribution is 0.0637. The van der Waals surface area contributed by atoms with Crippen molar-refractivity contribution in [1.82, 2.24) is 29.7 Å². The van der Waals surface area contributed by atoms with E-state index in [1.54, 1.807) is 23.5 Å². The lowest BCUT2D eigenvalue weighted by Gasteiger charge is -2.33. The molecule has 0 saturated carbocycles. The highest BCUT2D eigenvalue weighted by molar-refractivity contribution is 5.95. The quantitative estimate of drug-likeness (QED) is 0.721. The number of amides is 2. The summed E-state index contributed by atoms with van der Waals surface area (Å²) in [6.45, 7) is 7.21. The van der Waals surface area contributed by atoms with Crippen LogP contribution in [0, 0.1) is 13.8 Å². The van der Waals surface area contributed by atoms with E-state index in [-0.39, 0.29) is 24.4 Å². The first-order valence-corrected chi connectivity index (χ1v) is 9.93. The van der Waals surface area contributed by atoms with E-state index in [4.69, 9.17) is 0 Å². The molecule has 0 fully saturated rings. The summed E-state index contributed by atoms with van der Waals surface area (Å²) in [4.78, 5) is 40.3. The lowest BCUT2D eigenvalue weighted by atomic mass is 10.1. The van der Waals surface area contributed by atoms with Gasteiger partial charge in [-0.3, -0.25) is 19.6 Å². The molecule has 1 aromatic carbocycles. The Balaban J connectivity index is 1.47. The van der Waals surface area contributed by atoms with Crippen molar-refractivity contribution < 1.29 is 9.59 Å². The van der Waals surface area contributed by atoms with Gasteiger partial charge in [-0.25, -0.2) is 4.98 Å². The summed E-state index contributed by atoms with van der Waals surface area (Å²) < 4.78 is 1.95. The van der Waals surface area contributed by atoms with E-state index in [2.05, 4.69) is 20.3 Å². The Labute approximate surface area is 175 Å². The number of imidazole rings is 1. The van der Waals surface area contributed by atoms with E-state index in [1.165, 1.54) is 0 Å². The maximum atomic E-state index is 13.0. The number of aromatic nitrogens is 4. The molecule has 8 nitrogen and oxygen atoms in total. The van der Waals surface area contributed by atoms with Crippen LogP contribution < -0.4 is 5.32 Å². The number of hydrogen-bond acceptors (Lipinski definition) is 5. The molecule has 2 aromatic heterocycles. The molecule has 1 unspecified atom stereocenters. The average molecular weight is 404 g/mol. The van der Waals surface area contributed by atoms with Gasteiger partial charge in [-0.2, -0.15) is 0 Å². The van der Waals surface area contributed by atoms with E-state index in [1.807, 2.05) is 49.6 Å². The summed E-state index contributed by atoms with van der Waals surface area (Å²) in [5.74, 6) is 0.412. The maximum absolute atomic E-state index is 13.0. The fraction of sp³-hybridized carbons (Fsp3) is 0.318.